The topological polar surface area (TPSA) is 58.9 Å². The Hall–Kier alpha value is -1.95. The maximum atomic E-state index is 12.4. The van der Waals surface area contributed by atoms with Crippen LogP contribution in [0.4, 0.5) is 4.79 Å². The average molecular weight is 279 g/mol. The smallest absolute Gasteiger partial charge is 0.498 e. The van der Waals surface area contributed by atoms with Crippen LogP contribution in [0.25, 0.3) is 0 Å². The van der Waals surface area contributed by atoms with Gasteiger partial charge < -0.3 is 9.47 Å². The predicted molar refractivity (Wildman–Crippen MR) is 72.6 cm³/mol. The van der Waals surface area contributed by atoms with Crippen LogP contribution in [0.1, 0.15) is 13.8 Å². The van der Waals surface area contributed by atoms with E-state index in [1.807, 2.05) is 6.92 Å². The van der Waals surface area contributed by atoms with Gasteiger partial charge in [-0.25, -0.2) is 4.79 Å². The summed E-state index contributed by atoms with van der Waals surface area (Å²) in [6.07, 6.45) is 3.00. The molecule has 1 atom stereocenters. The van der Waals surface area contributed by atoms with Crippen LogP contribution in [-0.4, -0.2) is 60.5 Å². The number of hydrogen-bond donors (Lipinski definition) is 0. The molecule has 3 amide bonds. The molecule has 0 saturated carbocycles. The van der Waals surface area contributed by atoms with Gasteiger partial charge in [0.05, 0.1) is 20.2 Å². The van der Waals surface area contributed by atoms with Crippen LogP contribution in [0, 0.1) is 0 Å². The molecule has 0 N–H and O–H groups in total. The van der Waals surface area contributed by atoms with Crippen LogP contribution in [0.2, 0.25) is 0 Å². The van der Waals surface area contributed by atoms with Crippen LogP contribution in [-0.2, 0) is 14.3 Å². The first-order chi connectivity index (χ1) is 9.58. The normalized spacial score (nSPS) is 22.6. The minimum Gasteiger partial charge on any atom is -0.498 e. The molecule has 0 bridgehead atoms. The van der Waals surface area contributed by atoms with E-state index in [-0.39, 0.29) is 11.9 Å². The van der Waals surface area contributed by atoms with Gasteiger partial charge in [0, 0.05) is 13.2 Å². The third kappa shape index (κ3) is 2.06. The highest BCUT2D eigenvalue weighted by Gasteiger charge is 2.44. The molecule has 1 aliphatic heterocycles. The average Bonchev–Trinajstić information content (AvgIpc) is 2.47. The number of ether oxygens (including phenoxy) is 2. The third-order valence-electron chi connectivity index (χ3n) is 3.50. The molecule has 0 aromatic heterocycles. The standard InChI is InChI=1S/C14H19N2O4/c1-5-15-10-8-12(20-4)11(19-3)7-9(10)13(17)16(6-2)14(15)18/h7-8,11H,5-6H2,1-4H3/q+1. The van der Waals surface area contributed by atoms with Crippen molar-refractivity contribution in [3.8, 4) is 0 Å². The molecule has 1 aliphatic carbocycles. The lowest BCUT2D eigenvalue weighted by Crippen LogP contribution is -2.51. The number of methoxy groups -OCH3 is 2. The van der Waals surface area contributed by atoms with E-state index in [1.165, 1.54) is 4.90 Å². The molecule has 1 unspecified atom stereocenters. The molecule has 0 saturated heterocycles. The van der Waals surface area contributed by atoms with Crippen LogP contribution >= 0.6 is 0 Å². The maximum absolute atomic E-state index is 12.4. The molecule has 0 spiro atoms. The molecule has 108 valence electrons. The second kappa shape index (κ2) is 5.58. The molecular weight excluding hydrogens is 260 g/mol. The molecule has 2 aliphatic rings. The van der Waals surface area contributed by atoms with Crippen molar-refractivity contribution in [2.45, 2.75) is 20.0 Å². The van der Waals surface area contributed by atoms with Crippen LogP contribution in [0.3, 0.4) is 0 Å². The van der Waals surface area contributed by atoms with Crippen molar-refractivity contribution in [1.29, 1.82) is 0 Å². The van der Waals surface area contributed by atoms with Crippen molar-refractivity contribution in [1.82, 2.24) is 4.90 Å². The monoisotopic (exact) mass is 279 g/mol. The van der Waals surface area contributed by atoms with Crippen LogP contribution < -0.4 is 0 Å². The van der Waals surface area contributed by atoms with Crippen molar-refractivity contribution in [3.63, 3.8) is 0 Å². The second-order valence-corrected chi connectivity index (χ2v) is 4.45. The van der Waals surface area contributed by atoms with E-state index in [0.717, 1.165) is 0 Å². The fourth-order valence-electron chi connectivity index (χ4n) is 2.44. The van der Waals surface area contributed by atoms with Crippen molar-refractivity contribution < 1.29 is 23.6 Å². The summed E-state index contributed by atoms with van der Waals surface area (Å²) >= 11 is 0. The number of allylic oxidation sites excluding steroid dienone is 1. The molecular formula is C14H19N2O4+. The maximum Gasteiger partial charge on any atom is 0.501 e. The van der Waals surface area contributed by atoms with E-state index in [0.29, 0.717) is 30.1 Å². The van der Waals surface area contributed by atoms with E-state index in [1.54, 1.807) is 37.9 Å². The summed E-state index contributed by atoms with van der Waals surface area (Å²) in [5.41, 5.74) is 1.07. The van der Waals surface area contributed by atoms with Gasteiger partial charge in [-0.2, -0.15) is 14.3 Å². The van der Waals surface area contributed by atoms with Gasteiger partial charge in [-0.1, -0.05) is 0 Å². The highest BCUT2D eigenvalue weighted by molar-refractivity contribution is 6.29. The van der Waals surface area contributed by atoms with Gasteiger partial charge in [0.25, 0.3) is 0 Å². The lowest BCUT2D eigenvalue weighted by Gasteiger charge is -2.26. The number of carbonyl (C=O) groups is 2. The molecule has 1 heterocycles. The molecule has 6 heteroatoms. The summed E-state index contributed by atoms with van der Waals surface area (Å²) < 4.78 is 12.1. The van der Waals surface area contributed by atoms with Crippen molar-refractivity contribution in [3.05, 3.63) is 23.5 Å². The Morgan fingerprint density at radius 1 is 1.30 bits per heavy atom. The third-order valence-corrected chi connectivity index (χ3v) is 3.50. The Morgan fingerprint density at radius 3 is 2.50 bits per heavy atom. The minimum absolute atomic E-state index is 0.286. The Balaban J connectivity index is 2.61. The zero-order valence-electron chi connectivity index (χ0n) is 12.2. The summed E-state index contributed by atoms with van der Waals surface area (Å²) in [5, 5.41) is 0. The Morgan fingerprint density at radius 2 is 2.00 bits per heavy atom. The molecule has 2 rings (SSSR count). The number of imide groups is 1. The van der Waals surface area contributed by atoms with Crippen molar-refractivity contribution in [2.24, 2.45) is 0 Å². The highest BCUT2D eigenvalue weighted by atomic mass is 16.5. The van der Waals surface area contributed by atoms with E-state index in [2.05, 4.69) is 0 Å². The van der Waals surface area contributed by atoms with E-state index in [9.17, 15) is 9.59 Å². The van der Waals surface area contributed by atoms with E-state index >= 15 is 0 Å². The number of likely N-dealkylation sites (N-methyl/N-ethyl adjacent to an activating group) is 1. The molecule has 0 fully saturated rings. The molecule has 0 radical (unpaired) electrons. The molecule has 6 nitrogen and oxygen atoms in total. The van der Waals surface area contributed by atoms with Gasteiger partial charge in [0.15, 0.2) is 0 Å². The number of hydrogen-bond acceptors (Lipinski definition) is 4. The number of urea groups is 1. The quantitative estimate of drug-likeness (QED) is 0.718. The fourth-order valence-corrected chi connectivity index (χ4v) is 2.44. The number of carbonyl (C=O) groups excluding carboxylic acids is 2. The number of rotatable bonds is 4. The molecule has 0 aromatic carbocycles. The van der Waals surface area contributed by atoms with Crippen LogP contribution in [0.5, 0.6) is 0 Å². The zero-order valence-corrected chi connectivity index (χ0v) is 12.2. The van der Waals surface area contributed by atoms with Gasteiger partial charge >= 0.3 is 11.9 Å². The van der Waals surface area contributed by atoms with Crippen molar-refractivity contribution >= 4 is 17.6 Å². The van der Waals surface area contributed by atoms with Gasteiger partial charge in [-0.3, -0.25) is 0 Å². The Labute approximate surface area is 118 Å². The summed E-state index contributed by atoms with van der Waals surface area (Å²) in [6.45, 7) is 4.48. The first kappa shape index (κ1) is 14.5. The number of fused-ring (bicyclic) bond motifs is 1. The summed E-state index contributed by atoms with van der Waals surface area (Å²) in [6, 6.07) is -0.297. The van der Waals surface area contributed by atoms with Gasteiger partial charge in [-0.05, 0) is 19.9 Å². The number of nitrogens with zero attached hydrogens (tertiary/aromatic N) is 2. The van der Waals surface area contributed by atoms with Crippen LogP contribution in [0.15, 0.2) is 23.5 Å². The highest BCUT2D eigenvalue weighted by Crippen LogP contribution is 2.24. The van der Waals surface area contributed by atoms with Crippen molar-refractivity contribution in [2.75, 3.05) is 27.3 Å². The predicted octanol–water partition coefficient (Wildman–Crippen LogP) is 0.927. The Kier molecular flexibility index (Phi) is 4.04. The largest absolute Gasteiger partial charge is 0.501 e. The van der Waals surface area contributed by atoms with E-state index < -0.39 is 6.10 Å². The van der Waals surface area contributed by atoms with Gasteiger partial charge in [0.1, 0.15) is 23.1 Å². The lowest BCUT2D eigenvalue weighted by atomic mass is 9.97. The second-order valence-electron chi connectivity index (χ2n) is 4.45. The first-order valence-electron chi connectivity index (χ1n) is 6.59. The summed E-state index contributed by atoms with van der Waals surface area (Å²) in [7, 11) is 3.09. The first-order valence-corrected chi connectivity index (χ1v) is 6.59. The zero-order chi connectivity index (χ0) is 14.9. The SMILES string of the molecule is CCN1C(=O)C2=CC(OC)C(OC)=CC2=[N+](CC)C1=O. The summed E-state index contributed by atoms with van der Waals surface area (Å²) in [4.78, 5) is 25.9. The fraction of sp³-hybridized carbons (Fsp3) is 0.500. The summed E-state index contributed by atoms with van der Waals surface area (Å²) in [5.74, 6) is 0.293. The van der Waals surface area contributed by atoms with Gasteiger partial charge in [-0.15, -0.1) is 0 Å². The number of amides is 3. The Bertz CT molecular complexity index is 545. The lowest BCUT2D eigenvalue weighted by molar-refractivity contribution is -0.432. The molecule has 0 aromatic rings. The minimum atomic E-state index is -0.409. The van der Waals surface area contributed by atoms with E-state index in [4.69, 9.17) is 9.47 Å². The molecule has 20 heavy (non-hydrogen) atoms. The van der Waals surface area contributed by atoms with Gasteiger partial charge in [0.2, 0.25) is 0 Å².